The van der Waals surface area contributed by atoms with Crippen LogP contribution in [0, 0.1) is 5.92 Å². The molecular formula is C10H12N4O3S. The van der Waals surface area contributed by atoms with E-state index in [9.17, 15) is 4.79 Å². The number of carboxylic acids is 1. The van der Waals surface area contributed by atoms with E-state index in [2.05, 4.69) is 15.4 Å². The Bertz CT molecular complexity index is 525. The molecule has 2 aromatic heterocycles. The van der Waals surface area contributed by atoms with Crippen molar-refractivity contribution in [3.63, 3.8) is 0 Å². The van der Waals surface area contributed by atoms with Gasteiger partial charge < -0.3 is 14.5 Å². The Balaban J connectivity index is 2.08. The molecule has 0 fully saturated rings. The molecule has 0 amide bonds. The third kappa shape index (κ3) is 2.65. The maximum absolute atomic E-state index is 10.8. The summed E-state index contributed by atoms with van der Waals surface area (Å²) in [6, 6.07) is 1.70. The Morgan fingerprint density at radius 1 is 1.61 bits per heavy atom. The van der Waals surface area contributed by atoms with E-state index in [4.69, 9.17) is 9.63 Å². The zero-order valence-corrected chi connectivity index (χ0v) is 10.7. The average Bonchev–Trinajstić information content (AvgIpc) is 2.99. The molecule has 0 saturated carbocycles. The fourth-order valence-corrected chi connectivity index (χ4v) is 2.14. The van der Waals surface area contributed by atoms with Crippen molar-refractivity contribution in [1.29, 1.82) is 0 Å². The largest absolute Gasteiger partial charge is 0.481 e. The number of anilines is 1. The minimum Gasteiger partial charge on any atom is -0.481 e. The van der Waals surface area contributed by atoms with Gasteiger partial charge in [-0.25, -0.2) is 0 Å². The molecule has 2 aromatic rings. The number of carbonyl (C=O) groups is 1. The van der Waals surface area contributed by atoms with Crippen molar-refractivity contribution >= 4 is 22.4 Å². The molecule has 8 heteroatoms. The van der Waals surface area contributed by atoms with Gasteiger partial charge in [-0.2, -0.15) is 0 Å². The molecule has 2 heterocycles. The van der Waals surface area contributed by atoms with E-state index in [0.29, 0.717) is 22.4 Å². The van der Waals surface area contributed by atoms with E-state index in [1.165, 1.54) is 17.6 Å². The van der Waals surface area contributed by atoms with Gasteiger partial charge in [0.05, 0.1) is 5.92 Å². The summed E-state index contributed by atoms with van der Waals surface area (Å²) in [4.78, 5) is 12.5. The third-order valence-electron chi connectivity index (χ3n) is 2.37. The minimum absolute atomic E-state index is 0.378. The van der Waals surface area contributed by atoms with Crippen LogP contribution in [-0.4, -0.2) is 40.0 Å². The molecule has 1 atom stereocenters. The second kappa shape index (κ2) is 5.13. The summed E-state index contributed by atoms with van der Waals surface area (Å²) >= 11 is 1.34. The molecule has 1 unspecified atom stereocenters. The molecule has 2 rings (SSSR count). The van der Waals surface area contributed by atoms with E-state index in [1.807, 2.05) is 0 Å². The van der Waals surface area contributed by atoms with Gasteiger partial charge in [-0.05, 0) is 0 Å². The number of aromatic nitrogens is 3. The van der Waals surface area contributed by atoms with Crippen LogP contribution in [-0.2, 0) is 4.79 Å². The SMILES string of the molecule is CC(CN(C)c1nnc(-c2ccon2)s1)C(=O)O. The van der Waals surface area contributed by atoms with Crippen molar-refractivity contribution in [3.8, 4) is 10.7 Å². The highest BCUT2D eigenvalue weighted by Crippen LogP contribution is 2.27. The summed E-state index contributed by atoms with van der Waals surface area (Å²) in [6.07, 6.45) is 1.46. The predicted octanol–water partition coefficient (Wildman–Crippen LogP) is 1.35. The van der Waals surface area contributed by atoms with Crippen molar-refractivity contribution in [2.75, 3.05) is 18.5 Å². The van der Waals surface area contributed by atoms with E-state index in [-0.39, 0.29) is 0 Å². The molecule has 18 heavy (non-hydrogen) atoms. The first-order valence-corrected chi connectivity index (χ1v) is 6.07. The van der Waals surface area contributed by atoms with Crippen LogP contribution < -0.4 is 4.90 Å². The Labute approximate surface area is 107 Å². The van der Waals surface area contributed by atoms with Gasteiger partial charge in [-0.3, -0.25) is 4.79 Å². The normalized spacial score (nSPS) is 12.3. The van der Waals surface area contributed by atoms with E-state index >= 15 is 0 Å². The fraction of sp³-hybridized carbons (Fsp3) is 0.400. The monoisotopic (exact) mass is 268 g/mol. The molecule has 0 aliphatic rings. The van der Waals surface area contributed by atoms with Crippen LogP contribution >= 0.6 is 11.3 Å². The number of aliphatic carboxylic acids is 1. The standard InChI is InChI=1S/C10H12N4O3S/c1-6(9(15)16)5-14(2)10-12-11-8(18-10)7-3-4-17-13-7/h3-4,6H,5H2,1-2H3,(H,15,16). The molecule has 0 aliphatic carbocycles. The van der Waals surface area contributed by atoms with Gasteiger partial charge in [0.25, 0.3) is 0 Å². The molecule has 96 valence electrons. The quantitative estimate of drug-likeness (QED) is 0.874. The van der Waals surface area contributed by atoms with Crippen LogP contribution in [0.1, 0.15) is 6.92 Å². The molecule has 0 radical (unpaired) electrons. The first kappa shape index (κ1) is 12.5. The van der Waals surface area contributed by atoms with Gasteiger partial charge in [0.2, 0.25) is 5.13 Å². The van der Waals surface area contributed by atoms with Crippen molar-refractivity contribution in [1.82, 2.24) is 15.4 Å². The molecule has 0 spiro atoms. The van der Waals surface area contributed by atoms with Crippen molar-refractivity contribution in [2.45, 2.75) is 6.92 Å². The second-order valence-corrected chi connectivity index (χ2v) is 4.85. The number of rotatable bonds is 5. The highest BCUT2D eigenvalue weighted by molar-refractivity contribution is 7.18. The summed E-state index contributed by atoms with van der Waals surface area (Å²) in [5, 5.41) is 21.9. The van der Waals surface area contributed by atoms with E-state index in [0.717, 1.165) is 0 Å². The predicted molar refractivity (Wildman–Crippen MR) is 65.5 cm³/mol. The van der Waals surface area contributed by atoms with Crippen molar-refractivity contribution in [3.05, 3.63) is 12.3 Å². The molecule has 0 bridgehead atoms. The smallest absolute Gasteiger partial charge is 0.308 e. The molecule has 0 aromatic carbocycles. The van der Waals surface area contributed by atoms with Gasteiger partial charge in [0, 0.05) is 19.7 Å². The molecule has 1 N–H and O–H groups in total. The lowest BCUT2D eigenvalue weighted by molar-refractivity contribution is -0.140. The maximum atomic E-state index is 10.8. The Hall–Kier alpha value is -1.96. The first-order chi connectivity index (χ1) is 8.58. The molecule has 0 saturated heterocycles. The lowest BCUT2D eigenvalue weighted by Gasteiger charge is -2.17. The number of hydrogen-bond acceptors (Lipinski definition) is 7. The van der Waals surface area contributed by atoms with Gasteiger partial charge in [0.1, 0.15) is 12.0 Å². The zero-order valence-electron chi connectivity index (χ0n) is 9.90. The highest BCUT2D eigenvalue weighted by Gasteiger charge is 2.17. The minimum atomic E-state index is -0.830. The Kier molecular flexibility index (Phi) is 3.56. The van der Waals surface area contributed by atoms with Crippen LogP contribution in [0.3, 0.4) is 0 Å². The first-order valence-electron chi connectivity index (χ1n) is 5.26. The van der Waals surface area contributed by atoms with E-state index < -0.39 is 11.9 Å². The van der Waals surface area contributed by atoms with Gasteiger partial charge >= 0.3 is 5.97 Å². The van der Waals surface area contributed by atoms with Crippen molar-refractivity contribution in [2.24, 2.45) is 5.92 Å². The highest BCUT2D eigenvalue weighted by atomic mass is 32.1. The van der Waals surface area contributed by atoms with Crippen molar-refractivity contribution < 1.29 is 14.4 Å². The third-order valence-corrected chi connectivity index (χ3v) is 3.43. The van der Waals surface area contributed by atoms with Crippen LogP contribution in [0.25, 0.3) is 10.7 Å². The second-order valence-electron chi connectivity index (χ2n) is 3.89. The maximum Gasteiger partial charge on any atom is 0.308 e. The fourth-order valence-electron chi connectivity index (χ4n) is 1.36. The summed E-state index contributed by atoms with van der Waals surface area (Å²) in [5.41, 5.74) is 0.624. The molecule has 0 aliphatic heterocycles. The van der Waals surface area contributed by atoms with Crippen LogP contribution in [0.15, 0.2) is 16.9 Å². The number of carboxylic acid groups (broad SMARTS) is 1. The van der Waals surface area contributed by atoms with Gasteiger partial charge in [0.15, 0.2) is 5.01 Å². The van der Waals surface area contributed by atoms with Gasteiger partial charge in [-0.1, -0.05) is 23.4 Å². The lowest BCUT2D eigenvalue weighted by atomic mass is 10.2. The van der Waals surface area contributed by atoms with Crippen LogP contribution in [0.2, 0.25) is 0 Å². The molecular weight excluding hydrogens is 256 g/mol. The summed E-state index contributed by atoms with van der Waals surface area (Å²) in [5.74, 6) is -1.29. The topological polar surface area (TPSA) is 92.4 Å². The summed E-state index contributed by atoms with van der Waals surface area (Å²) in [6.45, 7) is 2.03. The lowest BCUT2D eigenvalue weighted by Crippen LogP contribution is -2.28. The molecule has 7 nitrogen and oxygen atoms in total. The Morgan fingerprint density at radius 3 is 3.00 bits per heavy atom. The number of nitrogens with zero attached hydrogens (tertiary/aromatic N) is 4. The van der Waals surface area contributed by atoms with Gasteiger partial charge in [-0.15, -0.1) is 10.2 Å². The summed E-state index contributed by atoms with van der Waals surface area (Å²) < 4.78 is 4.73. The zero-order chi connectivity index (χ0) is 13.1. The average molecular weight is 268 g/mol. The summed E-state index contributed by atoms with van der Waals surface area (Å²) in [7, 11) is 1.78. The van der Waals surface area contributed by atoms with Crippen LogP contribution in [0.5, 0.6) is 0 Å². The number of hydrogen-bond donors (Lipinski definition) is 1. The van der Waals surface area contributed by atoms with Crippen LogP contribution in [0.4, 0.5) is 5.13 Å². The van der Waals surface area contributed by atoms with E-state index in [1.54, 1.807) is 24.9 Å². The Morgan fingerprint density at radius 2 is 2.39 bits per heavy atom.